The van der Waals surface area contributed by atoms with Crippen LogP contribution >= 0.6 is 0 Å². The van der Waals surface area contributed by atoms with Crippen molar-refractivity contribution in [2.45, 2.75) is 12.5 Å². The van der Waals surface area contributed by atoms with Crippen molar-refractivity contribution in [1.82, 2.24) is 5.32 Å². The Bertz CT molecular complexity index is 1030. The molecule has 0 aliphatic carbocycles. The fraction of sp³-hybridized carbons (Fsp3) is 0.190. The number of carbonyl (C=O) groups excluding carboxylic acids is 2. The fourth-order valence-electron chi connectivity index (χ4n) is 2.70. The summed E-state index contributed by atoms with van der Waals surface area (Å²) < 4.78 is 15.3. The van der Waals surface area contributed by atoms with Crippen LogP contribution in [-0.4, -0.2) is 31.6 Å². The Balaban J connectivity index is 1.62. The van der Waals surface area contributed by atoms with Crippen molar-refractivity contribution in [3.63, 3.8) is 0 Å². The van der Waals surface area contributed by atoms with Gasteiger partial charge in [-0.25, -0.2) is 9.59 Å². The van der Waals surface area contributed by atoms with E-state index in [0.717, 1.165) is 10.9 Å². The van der Waals surface area contributed by atoms with Crippen LogP contribution in [0.5, 0.6) is 5.75 Å². The standard InChI is InChI=1S/C21H19NO6/c1-26-21(25)17(11-14-5-3-2-4-6-14)22-19(23)13-27-16-9-7-15-8-10-20(24)28-18(15)12-16/h2-10,12,17H,11,13H2,1H3,(H,22,23). The Hall–Kier alpha value is -3.61. The topological polar surface area (TPSA) is 94.8 Å². The van der Waals surface area contributed by atoms with E-state index in [9.17, 15) is 14.4 Å². The van der Waals surface area contributed by atoms with E-state index >= 15 is 0 Å². The van der Waals surface area contributed by atoms with Crippen LogP contribution in [0.1, 0.15) is 5.56 Å². The smallest absolute Gasteiger partial charge is 0.336 e. The zero-order valence-electron chi connectivity index (χ0n) is 15.2. The summed E-state index contributed by atoms with van der Waals surface area (Å²) in [5.41, 5.74) is 0.787. The lowest BCUT2D eigenvalue weighted by Crippen LogP contribution is -2.44. The molecule has 0 saturated heterocycles. The number of carbonyl (C=O) groups is 2. The lowest BCUT2D eigenvalue weighted by Gasteiger charge is -2.17. The van der Waals surface area contributed by atoms with Gasteiger partial charge >= 0.3 is 11.6 Å². The van der Waals surface area contributed by atoms with E-state index in [1.54, 1.807) is 18.2 Å². The van der Waals surface area contributed by atoms with Crippen LogP contribution in [0.4, 0.5) is 0 Å². The minimum absolute atomic E-state index is 0.301. The SMILES string of the molecule is COC(=O)C(Cc1ccccc1)NC(=O)COc1ccc2ccc(=O)oc2c1. The average Bonchev–Trinajstić information content (AvgIpc) is 2.71. The maximum atomic E-state index is 12.2. The predicted octanol–water partition coefficient (Wildman–Crippen LogP) is 2.07. The molecule has 3 aromatic rings. The van der Waals surface area contributed by atoms with E-state index < -0.39 is 23.5 Å². The van der Waals surface area contributed by atoms with Gasteiger partial charge in [0.15, 0.2) is 6.61 Å². The molecule has 0 radical (unpaired) electrons. The van der Waals surface area contributed by atoms with Gasteiger partial charge in [-0.1, -0.05) is 30.3 Å². The number of benzene rings is 2. The highest BCUT2D eigenvalue weighted by Gasteiger charge is 2.22. The molecular formula is C21H19NO6. The molecule has 0 aliphatic rings. The second kappa shape index (κ2) is 8.85. The van der Waals surface area contributed by atoms with E-state index in [4.69, 9.17) is 13.9 Å². The molecule has 28 heavy (non-hydrogen) atoms. The van der Waals surface area contributed by atoms with Crippen molar-refractivity contribution >= 4 is 22.8 Å². The first-order valence-corrected chi connectivity index (χ1v) is 8.63. The summed E-state index contributed by atoms with van der Waals surface area (Å²) in [5, 5.41) is 3.36. The molecule has 0 saturated carbocycles. The Morgan fingerprint density at radius 2 is 1.82 bits per heavy atom. The molecule has 0 fully saturated rings. The Morgan fingerprint density at radius 1 is 1.07 bits per heavy atom. The molecule has 3 rings (SSSR count). The lowest BCUT2D eigenvalue weighted by molar-refractivity contribution is -0.145. The summed E-state index contributed by atoms with van der Waals surface area (Å²) in [6.45, 7) is -0.301. The number of ether oxygens (including phenoxy) is 2. The lowest BCUT2D eigenvalue weighted by atomic mass is 10.1. The third-order valence-corrected chi connectivity index (χ3v) is 4.07. The summed E-state index contributed by atoms with van der Waals surface area (Å²) in [5.74, 6) is -0.639. The van der Waals surface area contributed by atoms with Crippen LogP contribution in [0, 0.1) is 0 Å². The minimum atomic E-state index is -0.821. The van der Waals surface area contributed by atoms with Gasteiger partial charge in [0, 0.05) is 23.9 Å². The Labute approximate surface area is 160 Å². The zero-order chi connectivity index (χ0) is 19.9. The van der Waals surface area contributed by atoms with Gasteiger partial charge in [0.05, 0.1) is 7.11 Å². The van der Waals surface area contributed by atoms with Gasteiger partial charge in [0.1, 0.15) is 17.4 Å². The van der Waals surface area contributed by atoms with Gasteiger partial charge in [-0.3, -0.25) is 4.79 Å². The third kappa shape index (κ3) is 4.97. The zero-order valence-corrected chi connectivity index (χ0v) is 15.2. The summed E-state index contributed by atoms with van der Waals surface area (Å²) in [6.07, 6.45) is 0.306. The molecule has 2 aromatic carbocycles. The molecule has 1 heterocycles. The number of esters is 1. The van der Waals surface area contributed by atoms with Crippen molar-refractivity contribution < 1.29 is 23.5 Å². The van der Waals surface area contributed by atoms with Crippen LogP contribution in [0.15, 0.2) is 69.9 Å². The highest BCUT2D eigenvalue weighted by molar-refractivity contribution is 5.85. The molecule has 1 N–H and O–H groups in total. The van der Waals surface area contributed by atoms with E-state index in [2.05, 4.69) is 5.32 Å². The second-order valence-electron chi connectivity index (χ2n) is 6.08. The highest BCUT2D eigenvalue weighted by atomic mass is 16.5. The van der Waals surface area contributed by atoms with Crippen molar-refractivity contribution in [3.05, 3.63) is 76.6 Å². The fourth-order valence-corrected chi connectivity index (χ4v) is 2.70. The minimum Gasteiger partial charge on any atom is -0.484 e. The predicted molar refractivity (Wildman–Crippen MR) is 102 cm³/mol. The number of nitrogens with one attached hydrogen (secondary N) is 1. The summed E-state index contributed by atoms with van der Waals surface area (Å²) >= 11 is 0. The van der Waals surface area contributed by atoms with E-state index in [1.165, 1.54) is 19.2 Å². The number of rotatable bonds is 7. The monoisotopic (exact) mass is 381 g/mol. The maximum absolute atomic E-state index is 12.2. The van der Waals surface area contributed by atoms with Crippen molar-refractivity contribution in [2.75, 3.05) is 13.7 Å². The van der Waals surface area contributed by atoms with Crippen LogP contribution in [0.3, 0.4) is 0 Å². The number of methoxy groups -OCH3 is 1. The molecule has 144 valence electrons. The Morgan fingerprint density at radius 3 is 2.57 bits per heavy atom. The van der Waals surface area contributed by atoms with Gasteiger partial charge in [0.2, 0.25) is 0 Å². The van der Waals surface area contributed by atoms with Crippen molar-refractivity contribution in [1.29, 1.82) is 0 Å². The highest BCUT2D eigenvalue weighted by Crippen LogP contribution is 2.19. The first-order chi connectivity index (χ1) is 13.5. The first-order valence-electron chi connectivity index (χ1n) is 8.63. The average molecular weight is 381 g/mol. The molecule has 7 heteroatoms. The molecular weight excluding hydrogens is 362 g/mol. The number of hydrogen-bond acceptors (Lipinski definition) is 6. The molecule has 7 nitrogen and oxygen atoms in total. The summed E-state index contributed by atoms with van der Waals surface area (Å²) in [7, 11) is 1.27. The summed E-state index contributed by atoms with van der Waals surface area (Å²) in [4.78, 5) is 35.5. The van der Waals surface area contributed by atoms with Crippen molar-refractivity contribution in [3.8, 4) is 5.75 Å². The second-order valence-corrected chi connectivity index (χ2v) is 6.08. The van der Waals surface area contributed by atoms with Crippen LogP contribution < -0.4 is 15.7 Å². The third-order valence-electron chi connectivity index (χ3n) is 4.07. The quantitative estimate of drug-likeness (QED) is 0.497. The van der Waals surface area contributed by atoms with Crippen LogP contribution in [-0.2, 0) is 20.7 Å². The molecule has 1 unspecified atom stereocenters. The van der Waals surface area contributed by atoms with Gasteiger partial charge in [-0.05, 0) is 23.8 Å². The summed E-state index contributed by atoms with van der Waals surface area (Å²) in [6, 6.07) is 16.4. The van der Waals surface area contributed by atoms with Crippen LogP contribution in [0.2, 0.25) is 0 Å². The number of amides is 1. The number of fused-ring (bicyclic) bond motifs is 1. The molecule has 0 bridgehead atoms. The van der Waals surface area contributed by atoms with Crippen LogP contribution in [0.25, 0.3) is 11.0 Å². The van der Waals surface area contributed by atoms with Gasteiger partial charge in [-0.2, -0.15) is 0 Å². The van der Waals surface area contributed by atoms with E-state index in [1.807, 2.05) is 30.3 Å². The van der Waals surface area contributed by atoms with Gasteiger partial charge < -0.3 is 19.2 Å². The molecule has 1 atom stereocenters. The van der Waals surface area contributed by atoms with E-state index in [-0.39, 0.29) is 6.61 Å². The first kappa shape index (κ1) is 19.2. The van der Waals surface area contributed by atoms with E-state index in [0.29, 0.717) is 17.8 Å². The van der Waals surface area contributed by atoms with Crippen molar-refractivity contribution in [2.24, 2.45) is 0 Å². The maximum Gasteiger partial charge on any atom is 0.336 e. The Kier molecular flexibility index (Phi) is 6.06. The molecule has 0 spiro atoms. The largest absolute Gasteiger partial charge is 0.484 e. The van der Waals surface area contributed by atoms with Gasteiger partial charge in [0.25, 0.3) is 5.91 Å². The van der Waals surface area contributed by atoms with Gasteiger partial charge in [-0.15, -0.1) is 0 Å². The molecule has 1 amide bonds. The normalized spacial score (nSPS) is 11.6. The molecule has 0 aliphatic heterocycles. The molecule has 1 aromatic heterocycles. The number of hydrogen-bond donors (Lipinski definition) is 1.